The van der Waals surface area contributed by atoms with Crippen LogP contribution in [-0.4, -0.2) is 18.4 Å². The Morgan fingerprint density at radius 2 is 0.621 bits per heavy atom. The second kappa shape index (κ2) is 8.20. The molecule has 0 radical (unpaired) electrons. The Hall–Kier alpha value is -2.32. The molecular weight excluding hydrogens is 455 g/mol. The summed E-state index contributed by atoms with van der Waals surface area (Å²) in [7, 11) is 0. The van der Waals surface area contributed by atoms with Gasteiger partial charge in [-0.2, -0.15) is 0 Å². The van der Waals surface area contributed by atoms with Crippen LogP contribution in [-0.2, 0) is 0 Å². The fourth-order valence-corrected chi connectivity index (χ4v) is 19.2. The molecular formula is C28H28Sn. The molecule has 0 N–H and O–H groups in total. The standard InChI is InChI=1S/4C7H7.Sn/c4*1-7-5-3-2-4-6-7;/h4*2-3,5-6H,1H3;. The van der Waals surface area contributed by atoms with Gasteiger partial charge in [-0.05, 0) is 0 Å². The van der Waals surface area contributed by atoms with E-state index in [1.807, 2.05) is 0 Å². The van der Waals surface area contributed by atoms with E-state index >= 15 is 0 Å². The second-order valence-corrected chi connectivity index (χ2v) is 19.1. The van der Waals surface area contributed by atoms with Gasteiger partial charge in [0.1, 0.15) is 0 Å². The van der Waals surface area contributed by atoms with Crippen LogP contribution in [0.3, 0.4) is 0 Å². The van der Waals surface area contributed by atoms with Gasteiger partial charge in [0.15, 0.2) is 0 Å². The predicted molar refractivity (Wildman–Crippen MR) is 129 cm³/mol. The predicted octanol–water partition coefficient (Wildman–Crippen LogP) is 4.30. The van der Waals surface area contributed by atoms with Crippen LogP contribution in [0.1, 0.15) is 22.3 Å². The first-order valence-electron chi connectivity index (χ1n) is 10.3. The van der Waals surface area contributed by atoms with Crippen molar-refractivity contribution in [1.29, 1.82) is 0 Å². The van der Waals surface area contributed by atoms with Crippen molar-refractivity contribution in [2.24, 2.45) is 0 Å². The van der Waals surface area contributed by atoms with E-state index in [4.69, 9.17) is 0 Å². The molecule has 0 fully saturated rings. The molecule has 144 valence electrons. The van der Waals surface area contributed by atoms with E-state index in [9.17, 15) is 0 Å². The van der Waals surface area contributed by atoms with Crippen LogP contribution in [0.2, 0.25) is 0 Å². The maximum atomic E-state index is 2.43. The summed E-state index contributed by atoms with van der Waals surface area (Å²) in [6.07, 6.45) is 0. The second-order valence-electron chi connectivity index (χ2n) is 8.23. The van der Waals surface area contributed by atoms with Crippen molar-refractivity contribution >= 4 is 32.7 Å². The first-order valence-corrected chi connectivity index (χ1v) is 16.0. The van der Waals surface area contributed by atoms with Gasteiger partial charge in [0, 0.05) is 0 Å². The van der Waals surface area contributed by atoms with Crippen molar-refractivity contribution in [2.45, 2.75) is 27.7 Å². The van der Waals surface area contributed by atoms with E-state index in [0.717, 1.165) is 0 Å². The molecule has 4 rings (SSSR count). The van der Waals surface area contributed by atoms with E-state index in [0.29, 0.717) is 0 Å². The van der Waals surface area contributed by atoms with Crippen LogP contribution in [0, 0.1) is 27.7 Å². The van der Waals surface area contributed by atoms with Crippen molar-refractivity contribution in [3.63, 3.8) is 0 Å². The first-order chi connectivity index (χ1) is 14.0. The topological polar surface area (TPSA) is 0 Å². The van der Waals surface area contributed by atoms with Crippen LogP contribution in [0.4, 0.5) is 0 Å². The monoisotopic (exact) mass is 484 g/mol. The average molecular weight is 483 g/mol. The summed E-state index contributed by atoms with van der Waals surface area (Å²) < 4.78 is 6.06. The Morgan fingerprint density at radius 3 is 0.828 bits per heavy atom. The van der Waals surface area contributed by atoms with E-state index in [-0.39, 0.29) is 0 Å². The quantitative estimate of drug-likeness (QED) is 0.380. The number of hydrogen-bond donors (Lipinski definition) is 0. The molecule has 0 nitrogen and oxygen atoms in total. The van der Waals surface area contributed by atoms with Crippen molar-refractivity contribution in [3.05, 3.63) is 119 Å². The summed E-state index contributed by atoms with van der Waals surface area (Å²) in [4.78, 5) is 0. The fourth-order valence-electron chi connectivity index (χ4n) is 4.51. The molecule has 0 aliphatic rings. The Bertz CT molecular complexity index is 969. The number of rotatable bonds is 4. The van der Waals surface area contributed by atoms with Gasteiger partial charge in [0.05, 0.1) is 0 Å². The van der Waals surface area contributed by atoms with Gasteiger partial charge in [-0.1, -0.05) is 0 Å². The number of aryl methyl sites for hydroxylation is 4. The molecule has 0 bridgehead atoms. The van der Waals surface area contributed by atoms with Crippen LogP contribution in [0.15, 0.2) is 97.1 Å². The molecule has 0 atom stereocenters. The molecule has 0 saturated heterocycles. The van der Waals surface area contributed by atoms with Crippen molar-refractivity contribution < 1.29 is 0 Å². The molecule has 0 amide bonds. The van der Waals surface area contributed by atoms with Crippen LogP contribution < -0.4 is 14.3 Å². The number of hydrogen-bond acceptors (Lipinski definition) is 0. The maximum absolute atomic E-state index is 3.48. The van der Waals surface area contributed by atoms with E-state index in [2.05, 4.69) is 125 Å². The van der Waals surface area contributed by atoms with Gasteiger partial charge in [-0.25, -0.2) is 0 Å². The minimum absolute atomic E-state index is 1.33. The van der Waals surface area contributed by atoms with Gasteiger partial charge in [0.25, 0.3) is 0 Å². The molecule has 4 aromatic rings. The van der Waals surface area contributed by atoms with E-state index < -0.39 is 18.4 Å². The summed E-state index contributed by atoms with van der Waals surface area (Å²) in [5, 5.41) is 0. The summed E-state index contributed by atoms with van der Waals surface area (Å²) in [5.74, 6) is 0. The normalized spacial score (nSPS) is 11.4. The van der Waals surface area contributed by atoms with Crippen molar-refractivity contribution in [1.82, 2.24) is 0 Å². The molecule has 0 unspecified atom stereocenters. The Morgan fingerprint density at radius 1 is 0.379 bits per heavy atom. The molecule has 0 aliphatic heterocycles. The van der Waals surface area contributed by atoms with Gasteiger partial charge >= 0.3 is 180 Å². The SMILES string of the molecule is Cc1ccc[c]([Sn]([c]2cccc(C)c2)([c]2cccc(C)c2)[c]2cccc(C)c2)c1. The molecule has 4 aromatic carbocycles. The molecule has 0 aromatic heterocycles. The molecule has 0 aliphatic carbocycles. The third-order valence-corrected chi connectivity index (χ3v) is 19.2. The average Bonchev–Trinajstić information content (AvgIpc) is 2.69. The summed E-state index contributed by atoms with van der Waals surface area (Å²) in [6, 6.07) is 37.0. The van der Waals surface area contributed by atoms with E-state index in [1.54, 1.807) is 0 Å². The van der Waals surface area contributed by atoms with Crippen molar-refractivity contribution in [2.75, 3.05) is 0 Å². The summed E-state index contributed by atoms with van der Waals surface area (Å²) >= 11 is -3.48. The fraction of sp³-hybridized carbons (Fsp3) is 0.143. The van der Waals surface area contributed by atoms with Crippen LogP contribution in [0.5, 0.6) is 0 Å². The van der Waals surface area contributed by atoms with Crippen molar-refractivity contribution in [3.8, 4) is 0 Å². The van der Waals surface area contributed by atoms with Gasteiger partial charge in [-0.3, -0.25) is 0 Å². The molecule has 0 heterocycles. The van der Waals surface area contributed by atoms with Gasteiger partial charge < -0.3 is 0 Å². The molecule has 0 saturated carbocycles. The Labute approximate surface area is 179 Å². The molecule has 29 heavy (non-hydrogen) atoms. The first kappa shape index (κ1) is 20.0. The summed E-state index contributed by atoms with van der Waals surface area (Å²) in [5.41, 5.74) is 5.32. The van der Waals surface area contributed by atoms with Gasteiger partial charge in [-0.15, -0.1) is 0 Å². The zero-order chi connectivity index (χ0) is 20.4. The zero-order valence-electron chi connectivity index (χ0n) is 17.7. The van der Waals surface area contributed by atoms with E-state index in [1.165, 1.54) is 36.6 Å². The third-order valence-electron chi connectivity index (χ3n) is 5.80. The molecule has 0 spiro atoms. The minimum atomic E-state index is -3.48. The van der Waals surface area contributed by atoms with Gasteiger partial charge in [0.2, 0.25) is 0 Å². The zero-order valence-corrected chi connectivity index (χ0v) is 20.6. The molecule has 1 heteroatoms. The van der Waals surface area contributed by atoms with Crippen LogP contribution in [0.25, 0.3) is 0 Å². The number of benzene rings is 4. The summed E-state index contributed by atoms with van der Waals surface area (Å²) in [6.45, 7) is 8.84. The third kappa shape index (κ3) is 3.78. The van der Waals surface area contributed by atoms with Crippen LogP contribution >= 0.6 is 0 Å². The Balaban J connectivity index is 2.19. The Kier molecular flexibility index (Phi) is 5.65.